The van der Waals surface area contributed by atoms with Gasteiger partial charge in [0.05, 0.1) is 11.8 Å². The Morgan fingerprint density at radius 2 is 1.87 bits per heavy atom. The van der Waals surface area contributed by atoms with Crippen LogP contribution in [0.1, 0.15) is 48.2 Å². The Morgan fingerprint density at radius 3 is 2.50 bits per heavy atom. The molecule has 2 aliphatic heterocycles. The molecule has 0 bridgehead atoms. The molecule has 1 saturated carbocycles. The van der Waals surface area contributed by atoms with E-state index in [1.54, 1.807) is 15.8 Å². The number of rotatable bonds is 7. The van der Waals surface area contributed by atoms with E-state index in [1.807, 2.05) is 21.0 Å². The van der Waals surface area contributed by atoms with Gasteiger partial charge in [0.15, 0.2) is 0 Å². The number of carbonyl (C=O) groups excluding carboxylic acids is 2. The topological polar surface area (TPSA) is 70.9 Å². The second-order valence-corrected chi connectivity index (χ2v) is 9.08. The van der Waals surface area contributed by atoms with Gasteiger partial charge < -0.3 is 14.5 Å². The zero-order valence-electron chi connectivity index (χ0n) is 18.5. The van der Waals surface area contributed by atoms with Crippen molar-refractivity contribution in [2.45, 2.75) is 51.1 Å². The van der Waals surface area contributed by atoms with E-state index in [4.69, 9.17) is 4.74 Å². The van der Waals surface area contributed by atoms with Crippen molar-refractivity contribution in [2.24, 2.45) is 13.0 Å². The lowest BCUT2D eigenvalue weighted by Gasteiger charge is -2.39. The monoisotopic (exact) mass is 417 g/mol. The highest BCUT2D eigenvalue weighted by atomic mass is 16.5. The zero-order valence-corrected chi connectivity index (χ0v) is 18.5. The Bertz CT molecular complexity index is 769. The number of ether oxygens (including phenoxy) is 1. The van der Waals surface area contributed by atoms with Crippen molar-refractivity contribution in [2.75, 3.05) is 46.4 Å². The first-order chi connectivity index (χ1) is 14.5. The summed E-state index contributed by atoms with van der Waals surface area (Å²) in [6, 6.07) is 0.836. The molecule has 0 N–H and O–H groups in total. The summed E-state index contributed by atoms with van der Waals surface area (Å²) in [5, 5.41) is 4.20. The average Bonchev–Trinajstić information content (AvgIpc) is 3.41. The molecule has 2 amide bonds. The van der Waals surface area contributed by atoms with Crippen LogP contribution in [0.5, 0.6) is 0 Å². The van der Waals surface area contributed by atoms with Crippen molar-refractivity contribution in [3.8, 4) is 0 Å². The molecule has 1 aromatic rings. The summed E-state index contributed by atoms with van der Waals surface area (Å²) >= 11 is 0. The van der Waals surface area contributed by atoms with Crippen LogP contribution in [0.25, 0.3) is 0 Å². The Hall–Kier alpha value is -1.93. The van der Waals surface area contributed by atoms with Crippen LogP contribution in [-0.4, -0.2) is 94.8 Å². The number of hydrogen-bond donors (Lipinski definition) is 0. The molecule has 0 spiro atoms. The number of amides is 2. The van der Waals surface area contributed by atoms with Crippen LogP contribution in [0, 0.1) is 12.8 Å². The highest BCUT2D eigenvalue weighted by Crippen LogP contribution is 2.33. The third kappa shape index (κ3) is 4.54. The highest BCUT2D eigenvalue weighted by molar-refractivity contribution is 5.94. The molecular weight excluding hydrogens is 382 g/mol. The van der Waals surface area contributed by atoms with Gasteiger partial charge in [-0.15, -0.1) is 0 Å². The third-order valence-electron chi connectivity index (χ3n) is 7.04. The summed E-state index contributed by atoms with van der Waals surface area (Å²) in [6.45, 7) is 6.69. The van der Waals surface area contributed by atoms with Crippen LogP contribution in [0.15, 0.2) is 6.20 Å². The highest BCUT2D eigenvalue weighted by Gasteiger charge is 2.39. The maximum Gasteiger partial charge on any atom is 0.257 e. The molecule has 1 aliphatic carbocycles. The summed E-state index contributed by atoms with van der Waals surface area (Å²) in [6.07, 6.45) is 6.84. The fourth-order valence-electron chi connectivity index (χ4n) is 4.76. The Labute approximate surface area is 179 Å². The summed E-state index contributed by atoms with van der Waals surface area (Å²) in [5.74, 6) is 0.653. The van der Waals surface area contributed by atoms with Gasteiger partial charge in [-0.1, -0.05) is 0 Å². The molecule has 166 valence electrons. The summed E-state index contributed by atoms with van der Waals surface area (Å²) in [5.41, 5.74) is 1.55. The van der Waals surface area contributed by atoms with Crippen LogP contribution in [0.3, 0.4) is 0 Å². The number of likely N-dealkylation sites (N-methyl/N-ethyl adjacent to an activating group) is 1. The van der Waals surface area contributed by atoms with Crippen LogP contribution in [0.2, 0.25) is 0 Å². The van der Waals surface area contributed by atoms with Gasteiger partial charge in [0.1, 0.15) is 0 Å². The number of aryl methyl sites for hydroxylation is 1. The number of hydrogen-bond acceptors (Lipinski definition) is 5. The second kappa shape index (κ2) is 9.06. The van der Waals surface area contributed by atoms with Crippen molar-refractivity contribution in [1.82, 2.24) is 24.5 Å². The van der Waals surface area contributed by atoms with Gasteiger partial charge >= 0.3 is 0 Å². The molecular formula is C22H35N5O3. The lowest BCUT2D eigenvalue weighted by atomic mass is 10.0. The number of nitrogens with zero attached hydrogens (tertiary/aromatic N) is 5. The van der Waals surface area contributed by atoms with Gasteiger partial charge in [0.25, 0.3) is 5.91 Å². The first-order valence-electron chi connectivity index (χ1n) is 11.3. The van der Waals surface area contributed by atoms with Crippen molar-refractivity contribution < 1.29 is 14.3 Å². The first kappa shape index (κ1) is 21.3. The quantitative estimate of drug-likeness (QED) is 0.669. The molecule has 0 aromatic carbocycles. The van der Waals surface area contributed by atoms with E-state index >= 15 is 0 Å². The maximum atomic E-state index is 12.9. The minimum absolute atomic E-state index is 0.0180. The molecule has 0 radical (unpaired) electrons. The molecule has 1 aromatic heterocycles. The molecule has 1 unspecified atom stereocenters. The fraction of sp³-hybridized carbons (Fsp3) is 0.773. The molecule has 4 rings (SSSR count). The van der Waals surface area contributed by atoms with E-state index in [0.717, 1.165) is 70.6 Å². The molecule has 3 aliphatic rings. The van der Waals surface area contributed by atoms with E-state index in [9.17, 15) is 9.59 Å². The zero-order chi connectivity index (χ0) is 21.3. The lowest BCUT2D eigenvalue weighted by molar-refractivity contribution is -0.131. The van der Waals surface area contributed by atoms with Gasteiger partial charge in [-0.3, -0.25) is 19.2 Å². The lowest BCUT2D eigenvalue weighted by Crippen LogP contribution is -2.50. The largest absolute Gasteiger partial charge is 0.381 e. The number of aromatic nitrogens is 2. The van der Waals surface area contributed by atoms with E-state index in [-0.39, 0.29) is 11.8 Å². The summed E-state index contributed by atoms with van der Waals surface area (Å²) < 4.78 is 7.32. The predicted molar refractivity (Wildman–Crippen MR) is 113 cm³/mol. The van der Waals surface area contributed by atoms with E-state index in [2.05, 4.69) is 14.9 Å². The third-order valence-corrected chi connectivity index (χ3v) is 7.04. The standard InChI is InChI=1S/C22H35N5O3/c1-16-20(14-23-25(16)3)22(29)24(2)10-11-27(18-7-12-30-13-8-18)19-6-9-26(15-19)21(28)17-4-5-17/h14,17-19H,4-13,15H2,1-3H3. The van der Waals surface area contributed by atoms with Crippen LogP contribution in [-0.2, 0) is 16.6 Å². The summed E-state index contributed by atoms with van der Waals surface area (Å²) in [7, 11) is 3.72. The SMILES string of the molecule is Cc1c(C(=O)N(C)CCN(C2CCOCC2)C2CCN(C(=O)C3CC3)C2)cnn1C. The maximum absolute atomic E-state index is 12.9. The molecule has 2 saturated heterocycles. The number of likely N-dealkylation sites (tertiary alicyclic amines) is 1. The molecule has 8 nitrogen and oxygen atoms in total. The Balaban J connectivity index is 1.39. The Kier molecular flexibility index (Phi) is 6.43. The van der Waals surface area contributed by atoms with Crippen molar-refractivity contribution >= 4 is 11.8 Å². The predicted octanol–water partition coefficient (Wildman–Crippen LogP) is 1.29. The van der Waals surface area contributed by atoms with Gasteiger partial charge in [0, 0.05) is 77.2 Å². The minimum atomic E-state index is 0.0180. The van der Waals surface area contributed by atoms with Crippen LogP contribution in [0.4, 0.5) is 0 Å². The molecule has 3 fully saturated rings. The minimum Gasteiger partial charge on any atom is -0.381 e. The van der Waals surface area contributed by atoms with E-state index in [1.165, 1.54) is 0 Å². The van der Waals surface area contributed by atoms with Crippen molar-refractivity contribution in [1.29, 1.82) is 0 Å². The second-order valence-electron chi connectivity index (χ2n) is 9.08. The van der Waals surface area contributed by atoms with Crippen LogP contribution < -0.4 is 0 Å². The van der Waals surface area contributed by atoms with Crippen LogP contribution >= 0.6 is 0 Å². The van der Waals surface area contributed by atoms with Gasteiger partial charge in [-0.25, -0.2) is 0 Å². The summed E-state index contributed by atoms with van der Waals surface area (Å²) in [4.78, 5) is 31.9. The Morgan fingerprint density at radius 1 is 1.13 bits per heavy atom. The first-order valence-corrected chi connectivity index (χ1v) is 11.3. The molecule has 30 heavy (non-hydrogen) atoms. The number of carbonyl (C=O) groups is 2. The van der Waals surface area contributed by atoms with Crippen molar-refractivity contribution in [3.05, 3.63) is 17.5 Å². The molecule has 1 atom stereocenters. The van der Waals surface area contributed by atoms with Gasteiger partial charge in [-0.05, 0) is 39.0 Å². The smallest absolute Gasteiger partial charge is 0.257 e. The molecule has 3 heterocycles. The van der Waals surface area contributed by atoms with Crippen molar-refractivity contribution in [3.63, 3.8) is 0 Å². The van der Waals surface area contributed by atoms with E-state index in [0.29, 0.717) is 30.1 Å². The van der Waals surface area contributed by atoms with Gasteiger partial charge in [-0.2, -0.15) is 5.10 Å². The van der Waals surface area contributed by atoms with Gasteiger partial charge in [0.2, 0.25) is 5.91 Å². The molecule has 8 heteroatoms. The average molecular weight is 418 g/mol. The fourth-order valence-corrected chi connectivity index (χ4v) is 4.76. The normalized spacial score (nSPS) is 22.7. The van der Waals surface area contributed by atoms with E-state index < -0.39 is 0 Å².